The van der Waals surface area contributed by atoms with Crippen molar-refractivity contribution in [2.24, 2.45) is 5.92 Å². The van der Waals surface area contributed by atoms with Crippen LogP contribution in [0.5, 0.6) is 0 Å². The molecule has 1 amide bonds. The molecule has 1 aliphatic rings. The number of carbonyl (C=O) groups excluding carboxylic acids is 2. The van der Waals surface area contributed by atoms with E-state index in [2.05, 4.69) is 5.32 Å². The maximum absolute atomic E-state index is 12.4. The van der Waals surface area contributed by atoms with Crippen LogP contribution in [0.2, 0.25) is 5.02 Å². The van der Waals surface area contributed by atoms with E-state index in [-0.39, 0.29) is 23.5 Å². The van der Waals surface area contributed by atoms with Crippen molar-refractivity contribution >= 4 is 29.0 Å². The highest BCUT2D eigenvalue weighted by Crippen LogP contribution is 2.50. The molecule has 2 atom stereocenters. The van der Waals surface area contributed by atoms with Crippen molar-refractivity contribution in [2.75, 3.05) is 5.32 Å². The third kappa shape index (κ3) is 2.90. The van der Waals surface area contributed by atoms with Crippen LogP contribution in [0.4, 0.5) is 5.69 Å². The second-order valence-corrected chi connectivity index (χ2v) is 5.97. The van der Waals surface area contributed by atoms with Gasteiger partial charge in [-0.15, -0.1) is 0 Å². The summed E-state index contributed by atoms with van der Waals surface area (Å²) in [5.41, 5.74) is 2.12. The number of amides is 1. The molecule has 0 spiro atoms. The molecule has 4 heteroatoms. The fourth-order valence-electron chi connectivity index (χ4n) is 2.73. The van der Waals surface area contributed by atoms with Crippen LogP contribution in [0.25, 0.3) is 0 Å². The first-order chi connectivity index (χ1) is 10.6. The van der Waals surface area contributed by atoms with E-state index in [0.29, 0.717) is 16.3 Å². The van der Waals surface area contributed by atoms with Crippen LogP contribution in [0.1, 0.15) is 35.2 Å². The van der Waals surface area contributed by atoms with Gasteiger partial charge in [0.25, 0.3) is 0 Å². The normalized spacial score (nSPS) is 19.5. The summed E-state index contributed by atoms with van der Waals surface area (Å²) in [6.07, 6.45) is 0.789. The van der Waals surface area contributed by atoms with Crippen LogP contribution >= 0.6 is 11.6 Å². The Morgan fingerprint density at radius 2 is 1.77 bits per heavy atom. The molecule has 22 heavy (non-hydrogen) atoms. The fraction of sp³-hybridized carbons (Fsp3) is 0.222. The molecule has 0 bridgehead atoms. The first kappa shape index (κ1) is 14.8. The highest BCUT2D eigenvalue weighted by molar-refractivity contribution is 6.31. The van der Waals surface area contributed by atoms with Gasteiger partial charge in [0, 0.05) is 16.5 Å². The summed E-state index contributed by atoms with van der Waals surface area (Å²) in [4.78, 5) is 24.0. The molecule has 0 aliphatic heterocycles. The molecule has 2 unspecified atom stereocenters. The van der Waals surface area contributed by atoms with Gasteiger partial charge >= 0.3 is 0 Å². The Morgan fingerprint density at radius 3 is 2.50 bits per heavy atom. The van der Waals surface area contributed by atoms with Gasteiger partial charge in [0.15, 0.2) is 5.78 Å². The number of benzene rings is 2. The maximum atomic E-state index is 12.4. The van der Waals surface area contributed by atoms with E-state index < -0.39 is 0 Å². The Bertz CT molecular complexity index is 741. The highest BCUT2D eigenvalue weighted by atomic mass is 35.5. The topological polar surface area (TPSA) is 46.2 Å². The zero-order valence-electron chi connectivity index (χ0n) is 12.2. The molecule has 0 radical (unpaired) electrons. The Kier molecular flexibility index (Phi) is 3.99. The zero-order valence-corrected chi connectivity index (χ0v) is 12.9. The second kappa shape index (κ2) is 5.93. The number of para-hydroxylation sites is 1. The van der Waals surface area contributed by atoms with Gasteiger partial charge in [0.05, 0.1) is 5.69 Å². The molecular weight excluding hydrogens is 298 g/mol. The average Bonchev–Trinajstić information content (AvgIpc) is 3.28. The minimum absolute atomic E-state index is 0.0568. The molecule has 2 aromatic carbocycles. The van der Waals surface area contributed by atoms with Gasteiger partial charge in [0.2, 0.25) is 5.91 Å². The van der Waals surface area contributed by atoms with Gasteiger partial charge in [0.1, 0.15) is 0 Å². The summed E-state index contributed by atoms with van der Waals surface area (Å²) in [6, 6.07) is 14.7. The Morgan fingerprint density at radius 1 is 1.09 bits per heavy atom. The summed E-state index contributed by atoms with van der Waals surface area (Å²) in [5, 5.41) is 3.57. The van der Waals surface area contributed by atoms with Crippen molar-refractivity contribution in [3.63, 3.8) is 0 Å². The molecule has 1 saturated carbocycles. The number of anilines is 1. The summed E-state index contributed by atoms with van der Waals surface area (Å²) in [7, 11) is 0. The van der Waals surface area contributed by atoms with E-state index in [1.807, 2.05) is 24.3 Å². The molecule has 1 fully saturated rings. The van der Waals surface area contributed by atoms with Crippen LogP contribution in [0, 0.1) is 5.92 Å². The van der Waals surface area contributed by atoms with Crippen molar-refractivity contribution in [2.45, 2.75) is 19.3 Å². The van der Waals surface area contributed by atoms with Crippen LogP contribution in [0.3, 0.4) is 0 Å². The molecule has 1 aliphatic carbocycles. The number of hydrogen-bond donors (Lipinski definition) is 1. The van der Waals surface area contributed by atoms with Gasteiger partial charge < -0.3 is 5.32 Å². The molecule has 112 valence electrons. The van der Waals surface area contributed by atoms with Gasteiger partial charge in [-0.25, -0.2) is 0 Å². The summed E-state index contributed by atoms with van der Waals surface area (Å²) < 4.78 is 0. The second-order valence-electron chi connectivity index (χ2n) is 5.56. The molecule has 1 N–H and O–H groups in total. The zero-order chi connectivity index (χ0) is 15.7. The van der Waals surface area contributed by atoms with E-state index in [1.54, 1.807) is 24.3 Å². The lowest BCUT2D eigenvalue weighted by molar-refractivity contribution is -0.117. The first-order valence-corrected chi connectivity index (χ1v) is 7.61. The smallest absolute Gasteiger partial charge is 0.228 e. The Balaban J connectivity index is 1.73. The minimum Gasteiger partial charge on any atom is -0.325 e. The van der Waals surface area contributed by atoms with Crippen LogP contribution in [0.15, 0.2) is 48.5 Å². The minimum atomic E-state index is -0.0834. The third-order valence-corrected chi connectivity index (χ3v) is 4.34. The molecule has 3 rings (SSSR count). The Hall–Kier alpha value is -2.13. The van der Waals surface area contributed by atoms with E-state index in [9.17, 15) is 9.59 Å². The number of rotatable bonds is 4. The lowest BCUT2D eigenvalue weighted by Gasteiger charge is -2.09. The number of halogens is 1. The van der Waals surface area contributed by atoms with Crippen molar-refractivity contribution in [3.8, 4) is 0 Å². The number of carbonyl (C=O) groups is 2. The van der Waals surface area contributed by atoms with Crippen molar-refractivity contribution in [1.82, 2.24) is 0 Å². The molecule has 2 aromatic rings. The maximum Gasteiger partial charge on any atom is 0.228 e. The standard InChI is InChI=1S/C18H16ClNO2/c1-11(21)12-6-3-5-9-17(12)20-18(22)15-10-14(15)13-7-2-4-8-16(13)19/h2-9,14-15H,10H2,1H3,(H,20,22). The predicted octanol–water partition coefficient (Wildman–Crippen LogP) is 4.28. The number of hydrogen-bond acceptors (Lipinski definition) is 2. The fourth-order valence-corrected chi connectivity index (χ4v) is 3.00. The van der Waals surface area contributed by atoms with Gasteiger partial charge in [-0.05, 0) is 43.0 Å². The summed E-state index contributed by atoms with van der Waals surface area (Å²) in [6.45, 7) is 1.49. The van der Waals surface area contributed by atoms with E-state index in [4.69, 9.17) is 11.6 Å². The molecule has 0 heterocycles. The van der Waals surface area contributed by atoms with Gasteiger partial charge in [-0.2, -0.15) is 0 Å². The molecule has 3 nitrogen and oxygen atoms in total. The van der Waals surface area contributed by atoms with Crippen molar-refractivity contribution < 1.29 is 9.59 Å². The lowest BCUT2D eigenvalue weighted by Crippen LogP contribution is -2.16. The van der Waals surface area contributed by atoms with E-state index in [0.717, 1.165) is 12.0 Å². The van der Waals surface area contributed by atoms with Crippen LogP contribution < -0.4 is 5.32 Å². The third-order valence-electron chi connectivity index (χ3n) is 4.00. The summed E-state index contributed by atoms with van der Waals surface area (Å²) >= 11 is 6.18. The molecule has 0 saturated heterocycles. The number of ketones is 1. The largest absolute Gasteiger partial charge is 0.325 e. The van der Waals surface area contributed by atoms with Crippen LogP contribution in [-0.4, -0.2) is 11.7 Å². The lowest BCUT2D eigenvalue weighted by atomic mass is 10.1. The summed E-state index contributed by atoms with van der Waals surface area (Å²) in [5.74, 6) is -0.0360. The Labute approximate surface area is 134 Å². The monoisotopic (exact) mass is 313 g/mol. The van der Waals surface area contributed by atoms with E-state index >= 15 is 0 Å². The SMILES string of the molecule is CC(=O)c1ccccc1NC(=O)C1CC1c1ccccc1Cl. The average molecular weight is 314 g/mol. The first-order valence-electron chi connectivity index (χ1n) is 7.23. The highest BCUT2D eigenvalue weighted by Gasteiger charge is 2.44. The van der Waals surface area contributed by atoms with E-state index in [1.165, 1.54) is 6.92 Å². The molecule has 0 aromatic heterocycles. The van der Waals surface area contributed by atoms with Crippen molar-refractivity contribution in [3.05, 3.63) is 64.7 Å². The number of nitrogens with one attached hydrogen (secondary N) is 1. The van der Waals surface area contributed by atoms with Gasteiger partial charge in [-0.3, -0.25) is 9.59 Å². The quantitative estimate of drug-likeness (QED) is 0.856. The van der Waals surface area contributed by atoms with Crippen molar-refractivity contribution in [1.29, 1.82) is 0 Å². The van der Waals surface area contributed by atoms with Gasteiger partial charge in [-0.1, -0.05) is 41.9 Å². The predicted molar refractivity (Wildman–Crippen MR) is 87.4 cm³/mol. The van der Waals surface area contributed by atoms with Crippen LogP contribution in [-0.2, 0) is 4.79 Å². The number of Topliss-reactive ketones (excluding diaryl/α,β-unsaturated/α-hetero) is 1. The molecular formula is C18H16ClNO2.